The van der Waals surface area contributed by atoms with Crippen molar-refractivity contribution in [3.05, 3.63) is 24.5 Å². The second-order valence-electron chi connectivity index (χ2n) is 8.95. The molecule has 39 heavy (non-hydrogen) atoms. The van der Waals surface area contributed by atoms with Crippen molar-refractivity contribution in [3.8, 4) is 0 Å². The molecule has 15 heteroatoms. The maximum Gasteiger partial charge on any atom is 0.407 e. The van der Waals surface area contributed by atoms with E-state index in [-0.39, 0.29) is 19.0 Å². The lowest BCUT2D eigenvalue weighted by Gasteiger charge is -2.41. The smallest absolute Gasteiger partial charge is 0.407 e. The number of rotatable bonds is 9. The van der Waals surface area contributed by atoms with Gasteiger partial charge in [0, 0.05) is 57.3 Å². The summed E-state index contributed by atoms with van der Waals surface area (Å²) in [4.78, 5) is 84.8. The van der Waals surface area contributed by atoms with Crippen molar-refractivity contribution in [2.75, 3.05) is 64.9 Å². The molecular formula is C24H32N6O9. The molecule has 2 fully saturated rings. The predicted molar refractivity (Wildman–Crippen MR) is 133 cm³/mol. The molecule has 2 saturated heterocycles. The molecule has 3 heterocycles. The Morgan fingerprint density at radius 2 is 1.69 bits per heavy atom. The molecule has 0 unspecified atom stereocenters. The number of alkyl carbamates (subject to hydrolysis) is 1. The lowest BCUT2D eigenvalue weighted by Crippen LogP contribution is -2.63. The fourth-order valence-electron chi connectivity index (χ4n) is 4.54. The van der Waals surface area contributed by atoms with E-state index in [2.05, 4.69) is 24.7 Å². The van der Waals surface area contributed by atoms with E-state index < -0.39 is 61.3 Å². The molecule has 0 aromatic carbocycles. The van der Waals surface area contributed by atoms with Gasteiger partial charge in [-0.05, 0) is 12.1 Å². The number of nitrogens with zero attached hydrogens (tertiary/aromatic N) is 5. The number of nitrogens with one attached hydrogen (secondary N) is 1. The third kappa shape index (κ3) is 7.55. The van der Waals surface area contributed by atoms with Crippen LogP contribution in [0.25, 0.3) is 0 Å². The Labute approximate surface area is 224 Å². The van der Waals surface area contributed by atoms with Crippen LogP contribution in [0, 0.1) is 0 Å². The minimum Gasteiger partial charge on any atom is -0.480 e. The molecule has 0 saturated carbocycles. The highest BCUT2D eigenvalue weighted by Gasteiger charge is 2.42. The van der Waals surface area contributed by atoms with Crippen LogP contribution < -0.4 is 10.2 Å². The van der Waals surface area contributed by atoms with E-state index in [0.717, 1.165) is 29.7 Å². The first-order valence-corrected chi connectivity index (χ1v) is 12.3. The summed E-state index contributed by atoms with van der Waals surface area (Å²) in [6.07, 6.45) is 1.48. The van der Waals surface area contributed by atoms with Gasteiger partial charge in [0.2, 0.25) is 17.7 Å². The van der Waals surface area contributed by atoms with Crippen LogP contribution in [0.5, 0.6) is 0 Å². The van der Waals surface area contributed by atoms with Crippen molar-refractivity contribution in [2.24, 2.45) is 0 Å². The van der Waals surface area contributed by atoms with E-state index in [1.165, 1.54) is 0 Å². The number of piperazine rings is 2. The van der Waals surface area contributed by atoms with E-state index in [1.807, 2.05) is 12.1 Å². The van der Waals surface area contributed by atoms with Crippen molar-refractivity contribution in [1.29, 1.82) is 0 Å². The zero-order valence-electron chi connectivity index (χ0n) is 21.8. The number of hydrogen-bond acceptors (Lipinski definition) is 10. The normalized spacial score (nSPS) is 18.3. The molecule has 4 amide bonds. The lowest BCUT2D eigenvalue weighted by atomic mass is 10.0. The van der Waals surface area contributed by atoms with Crippen LogP contribution in [0.1, 0.15) is 12.8 Å². The first-order chi connectivity index (χ1) is 18.6. The summed E-state index contributed by atoms with van der Waals surface area (Å²) in [5.74, 6) is -3.96. The molecule has 0 spiro atoms. The van der Waals surface area contributed by atoms with Gasteiger partial charge in [-0.3, -0.25) is 29.0 Å². The van der Waals surface area contributed by atoms with Gasteiger partial charge in [0.25, 0.3) is 0 Å². The lowest BCUT2D eigenvalue weighted by molar-refractivity contribution is -0.159. The summed E-state index contributed by atoms with van der Waals surface area (Å²) in [7, 11) is 2.22. The highest BCUT2D eigenvalue weighted by atomic mass is 16.5. The number of ether oxygens (including phenoxy) is 2. The van der Waals surface area contributed by atoms with E-state index in [9.17, 15) is 28.8 Å². The minimum atomic E-state index is -1.39. The average Bonchev–Trinajstić information content (AvgIpc) is 2.94. The van der Waals surface area contributed by atoms with E-state index >= 15 is 0 Å². The third-order valence-corrected chi connectivity index (χ3v) is 6.60. The number of aromatic nitrogens is 1. The van der Waals surface area contributed by atoms with Crippen LogP contribution in [0.4, 0.5) is 10.5 Å². The SMILES string of the molecule is COC(=O)C[C@H]1C(=O)N(CC(=O)O)CCN1C(=O)[C@H](CC(=O)N1CCN(c2ccncc2)CC1)NC(=O)OC. The highest BCUT2D eigenvalue weighted by Crippen LogP contribution is 2.19. The summed E-state index contributed by atoms with van der Waals surface area (Å²) >= 11 is 0. The molecule has 2 aliphatic heterocycles. The number of hydrogen-bond donors (Lipinski definition) is 2. The molecule has 1 aromatic rings. The van der Waals surface area contributed by atoms with Crippen LogP contribution in [-0.2, 0) is 33.4 Å². The zero-order chi connectivity index (χ0) is 28.5. The summed E-state index contributed by atoms with van der Waals surface area (Å²) in [5, 5.41) is 11.5. The molecule has 3 rings (SSSR count). The molecule has 1 aromatic heterocycles. The van der Waals surface area contributed by atoms with E-state index in [0.29, 0.717) is 26.2 Å². The van der Waals surface area contributed by atoms with Crippen molar-refractivity contribution in [1.82, 2.24) is 25.0 Å². The molecule has 0 radical (unpaired) electrons. The first kappa shape index (κ1) is 29.1. The minimum absolute atomic E-state index is 0.107. The van der Waals surface area contributed by atoms with Gasteiger partial charge in [-0.1, -0.05) is 0 Å². The van der Waals surface area contributed by atoms with Gasteiger partial charge >= 0.3 is 18.0 Å². The van der Waals surface area contributed by atoms with Gasteiger partial charge in [0.05, 0.1) is 27.1 Å². The Morgan fingerprint density at radius 3 is 2.28 bits per heavy atom. The van der Waals surface area contributed by atoms with Gasteiger partial charge in [-0.15, -0.1) is 0 Å². The van der Waals surface area contributed by atoms with Gasteiger partial charge in [0.1, 0.15) is 18.6 Å². The van der Waals surface area contributed by atoms with Crippen LogP contribution >= 0.6 is 0 Å². The van der Waals surface area contributed by atoms with Crippen molar-refractivity contribution in [2.45, 2.75) is 24.9 Å². The molecule has 2 aliphatic rings. The number of methoxy groups -OCH3 is 2. The Kier molecular flexibility index (Phi) is 10.0. The summed E-state index contributed by atoms with van der Waals surface area (Å²) in [6, 6.07) is 0.991. The summed E-state index contributed by atoms with van der Waals surface area (Å²) < 4.78 is 9.28. The van der Waals surface area contributed by atoms with Crippen LogP contribution in [0.15, 0.2) is 24.5 Å². The van der Waals surface area contributed by atoms with Gasteiger partial charge in [-0.25, -0.2) is 4.79 Å². The molecule has 2 atom stereocenters. The number of pyridine rings is 1. The third-order valence-electron chi connectivity index (χ3n) is 6.60. The number of carbonyl (C=O) groups excluding carboxylic acids is 5. The molecule has 2 N–H and O–H groups in total. The van der Waals surface area contributed by atoms with Crippen molar-refractivity contribution >= 4 is 41.4 Å². The topological polar surface area (TPSA) is 179 Å². The number of aliphatic carboxylic acids is 1. The predicted octanol–water partition coefficient (Wildman–Crippen LogP) is -1.47. The van der Waals surface area contributed by atoms with Crippen molar-refractivity contribution < 1.29 is 43.3 Å². The number of anilines is 1. The first-order valence-electron chi connectivity index (χ1n) is 12.3. The summed E-state index contributed by atoms with van der Waals surface area (Å²) in [5.41, 5.74) is 0.973. The zero-order valence-corrected chi connectivity index (χ0v) is 21.8. The molecule has 0 aliphatic carbocycles. The van der Waals surface area contributed by atoms with Gasteiger partial charge < -0.3 is 39.5 Å². The Balaban J connectivity index is 1.73. The standard InChI is InChI=1S/C24H32N6O9/c1-38-21(34)14-18-23(36)29(15-20(32)33)11-12-30(18)22(35)17(26-24(37)39-2)13-19(31)28-9-7-27(8-10-28)16-3-5-25-6-4-16/h3-6,17-18H,7-15H2,1-2H3,(H,26,37)(H,32,33)/t17-,18-/m0/s1. The number of carboxylic acid groups (broad SMARTS) is 1. The second-order valence-corrected chi connectivity index (χ2v) is 8.95. The number of carbonyl (C=O) groups is 6. The van der Waals surface area contributed by atoms with Gasteiger partial charge in [-0.2, -0.15) is 0 Å². The van der Waals surface area contributed by atoms with Crippen LogP contribution in [0.3, 0.4) is 0 Å². The molecule has 212 valence electrons. The maximum absolute atomic E-state index is 13.6. The van der Waals surface area contributed by atoms with Crippen LogP contribution in [0.2, 0.25) is 0 Å². The molecular weight excluding hydrogens is 516 g/mol. The summed E-state index contributed by atoms with van der Waals surface area (Å²) in [6.45, 7) is 1.06. The molecule has 0 bridgehead atoms. The van der Waals surface area contributed by atoms with E-state index in [1.54, 1.807) is 17.3 Å². The second kappa shape index (κ2) is 13.4. The quantitative estimate of drug-likeness (QED) is 0.344. The van der Waals surface area contributed by atoms with E-state index in [4.69, 9.17) is 5.11 Å². The monoisotopic (exact) mass is 548 g/mol. The van der Waals surface area contributed by atoms with Gasteiger partial charge in [0.15, 0.2) is 0 Å². The largest absolute Gasteiger partial charge is 0.480 e. The molecule has 15 nitrogen and oxygen atoms in total. The number of amides is 4. The fraction of sp³-hybridized carbons (Fsp3) is 0.542. The Hall–Kier alpha value is -4.43. The van der Waals surface area contributed by atoms with Crippen molar-refractivity contribution in [3.63, 3.8) is 0 Å². The van der Waals surface area contributed by atoms with Crippen LogP contribution in [-0.4, -0.2) is 133 Å². The fourth-order valence-corrected chi connectivity index (χ4v) is 4.54. The number of carboxylic acids is 1. The number of esters is 1. The highest BCUT2D eigenvalue weighted by molar-refractivity contribution is 5.97. The Bertz CT molecular complexity index is 1080. The Morgan fingerprint density at radius 1 is 1.03 bits per heavy atom. The average molecular weight is 549 g/mol. The maximum atomic E-state index is 13.6.